The summed E-state index contributed by atoms with van der Waals surface area (Å²) < 4.78 is 15.6. The van der Waals surface area contributed by atoms with Gasteiger partial charge in [-0.1, -0.05) is 29.3 Å². The molecule has 0 spiro atoms. The number of anilines is 1. The van der Waals surface area contributed by atoms with E-state index >= 15 is 0 Å². The summed E-state index contributed by atoms with van der Waals surface area (Å²) in [7, 11) is 0. The minimum atomic E-state index is -1.00. The molecule has 0 aromatic heterocycles. The van der Waals surface area contributed by atoms with Gasteiger partial charge < -0.3 is 19.5 Å². The van der Waals surface area contributed by atoms with Crippen molar-refractivity contribution in [2.45, 2.75) is 13.0 Å². The Morgan fingerprint density at radius 3 is 2.56 bits per heavy atom. The van der Waals surface area contributed by atoms with Crippen molar-refractivity contribution in [2.24, 2.45) is 0 Å². The number of ether oxygens (including phenoxy) is 3. The zero-order valence-corrected chi connectivity index (χ0v) is 15.7. The van der Waals surface area contributed by atoms with E-state index < -0.39 is 18.0 Å². The van der Waals surface area contributed by atoms with Crippen molar-refractivity contribution < 1.29 is 23.8 Å². The van der Waals surface area contributed by atoms with Crippen LogP contribution >= 0.6 is 23.2 Å². The molecule has 140 valence electrons. The fourth-order valence-corrected chi connectivity index (χ4v) is 2.84. The lowest BCUT2D eigenvalue weighted by Gasteiger charge is -2.12. The van der Waals surface area contributed by atoms with Crippen molar-refractivity contribution in [2.75, 3.05) is 12.1 Å². The first-order valence-electron chi connectivity index (χ1n) is 7.96. The second-order valence-electron chi connectivity index (χ2n) is 5.67. The molecule has 0 bridgehead atoms. The molecule has 0 aliphatic carbocycles. The molecule has 8 heteroatoms. The SMILES string of the molecule is CC(OC(=O)C=Cc1ccc2c(c1)OCO2)C(=O)Nc1cc(Cl)cc(Cl)c1. The number of fused-ring (bicyclic) bond motifs is 1. The predicted octanol–water partition coefficient (Wildman–Crippen LogP) is 4.31. The first kappa shape index (κ1) is 19.1. The van der Waals surface area contributed by atoms with Gasteiger partial charge >= 0.3 is 5.97 Å². The maximum Gasteiger partial charge on any atom is 0.331 e. The Morgan fingerprint density at radius 1 is 1.11 bits per heavy atom. The maximum atomic E-state index is 12.1. The summed E-state index contributed by atoms with van der Waals surface area (Å²) in [5, 5.41) is 3.36. The van der Waals surface area contributed by atoms with E-state index in [9.17, 15) is 9.59 Å². The van der Waals surface area contributed by atoms with Crippen molar-refractivity contribution in [3.8, 4) is 11.5 Å². The van der Waals surface area contributed by atoms with Crippen molar-refractivity contribution in [3.63, 3.8) is 0 Å². The summed E-state index contributed by atoms with van der Waals surface area (Å²) >= 11 is 11.8. The zero-order chi connectivity index (χ0) is 19.4. The molecular formula is C19H15Cl2NO5. The number of amides is 1. The molecule has 0 radical (unpaired) electrons. The van der Waals surface area contributed by atoms with Crippen LogP contribution in [0.1, 0.15) is 12.5 Å². The van der Waals surface area contributed by atoms with Gasteiger partial charge in [-0.05, 0) is 48.9 Å². The summed E-state index contributed by atoms with van der Waals surface area (Å²) in [5.74, 6) is 0.109. The van der Waals surface area contributed by atoms with Crippen LogP contribution in [0.4, 0.5) is 5.69 Å². The lowest BCUT2D eigenvalue weighted by Crippen LogP contribution is -2.29. The third kappa shape index (κ3) is 5.15. The Bertz CT molecular complexity index is 893. The van der Waals surface area contributed by atoms with Gasteiger partial charge in [-0.3, -0.25) is 4.79 Å². The van der Waals surface area contributed by atoms with E-state index in [1.807, 2.05) is 0 Å². The molecule has 1 unspecified atom stereocenters. The molecule has 1 atom stereocenters. The summed E-state index contributed by atoms with van der Waals surface area (Å²) in [6.45, 7) is 1.64. The lowest BCUT2D eigenvalue weighted by molar-refractivity contribution is -0.148. The van der Waals surface area contributed by atoms with E-state index in [2.05, 4.69) is 5.32 Å². The predicted molar refractivity (Wildman–Crippen MR) is 102 cm³/mol. The van der Waals surface area contributed by atoms with E-state index in [1.54, 1.807) is 42.5 Å². The number of hydrogen-bond acceptors (Lipinski definition) is 5. The molecule has 0 saturated heterocycles. The van der Waals surface area contributed by atoms with Crippen LogP contribution in [-0.2, 0) is 14.3 Å². The summed E-state index contributed by atoms with van der Waals surface area (Å²) in [6.07, 6.45) is 1.79. The molecule has 1 aliphatic heterocycles. The molecule has 6 nitrogen and oxygen atoms in total. The average Bonchev–Trinajstić information content (AvgIpc) is 3.06. The molecule has 0 fully saturated rings. The number of carbonyl (C=O) groups excluding carboxylic acids is 2. The van der Waals surface area contributed by atoms with E-state index in [-0.39, 0.29) is 6.79 Å². The van der Waals surface area contributed by atoms with Crippen LogP contribution in [0.2, 0.25) is 10.0 Å². The molecule has 3 rings (SSSR count). The number of hydrogen-bond donors (Lipinski definition) is 1. The number of nitrogens with one attached hydrogen (secondary N) is 1. The third-order valence-corrected chi connectivity index (χ3v) is 4.04. The van der Waals surface area contributed by atoms with Gasteiger partial charge in [0, 0.05) is 21.8 Å². The molecule has 1 N–H and O–H groups in total. The van der Waals surface area contributed by atoms with Crippen molar-refractivity contribution >= 4 is 46.8 Å². The van der Waals surface area contributed by atoms with Gasteiger partial charge in [-0.15, -0.1) is 0 Å². The summed E-state index contributed by atoms with van der Waals surface area (Å²) in [6, 6.07) is 9.89. The van der Waals surface area contributed by atoms with E-state index in [0.717, 1.165) is 5.56 Å². The van der Waals surface area contributed by atoms with E-state index in [0.29, 0.717) is 27.2 Å². The second-order valence-corrected chi connectivity index (χ2v) is 6.55. The van der Waals surface area contributed by atoms with E-state index in [4.69, 9.17) is 37.4 Å². The van der Waals surface area contributed by atoms with Gasteiger partial charge in [0.25, 0.3) is 5.91 Å². The van der Waals surface area contributed by atoms with Crippen LogP contribution in [0.25, 0.3) is 6.08 Å². The Balaban J connectivity index is 1.55. The van der Waals surface area contributed by atoms with Crippen molar-refractivity contribution in [1.82, 2.24) is 0 Å². The normalized spacial score (nSPS) is 13.4. The van der Waals surface area contributed by atoms with Gasteiger partial charge in [-0.25, -0.2) is 4.79 Å². The van der Waals surface area contributed by atoms with Crippen LogP contribution in [-0.4, -0.2) is 24.8 Å². The largest absolute Gasteiger partial charge is 0.454 e. The third-order valence-electron chi connectivity index (χ3n) is 3.60. The molecular weight excluding hydrogens is 393 g/mol. The highest BCUT2D eigenvalue weighted by molar-refractivity contribution is 6.35. The second kappa shape index (κ2) is 8.33. The minimum absolute atomic E-state index is 0.176. The Kier molecular flexibility index (Phi) is 5.88. The van der Waals surface area contributed by atoms with Crippen molar-refractivity contribution in [1.29, 1.82) is 0 Å². The van der Waals surface area contributed by atoms with Gasteiger partial charge in [-0.2, -0.15) is 0 Å². The fourth-order valence-electron chi connectivity index (χ4n) is 2.32. The highest BCUT2D eigenvalue weighted by Crippen LogP contribution is 2.32. The van der Waals surface area contributed by atoms with Crippen LogP contribution in [0.5, 0.6) is 11.5 Å². The first-order valence-corrected chi connectivity index (χ1v) is 8.71. The Morgan fingerprint density at radius 2 is 1.81 bits per heavy atom. The molecule has 2 aromatic carbocycles. The lowest BCUT2D eigenvalue weighted by atomic mass is 10.2. The zero-order valence-electron chi connectivity index (χ0n) is 14.2. The van der Waals surface area contributed by atoms with Gasteiger partial charge in [0.15, 0.2) is 17.6 Å². The van der Waals surface area contributed by atoms with Crippen LogP contribution < -0.4 is 14.8 Å². The van der Waals surface area contributed by atoms with Gasteiger partial charge in [0.1, 0.15) is 0 Å². The maximum absolute atomic E-state index is 12.1. The highest BCUT2D eigenvalue weighted by Gasteiger charge is 2.17. The molecule has 0 saturated carbocycles. The number of rotatable bonds is 5. The molecule has 1 heterocycles. The average molecular weight is 408 g/mol. The summed E-state index contributed by atoms with van der Waals surface area (Å²) in [5.41, 5.74) is 1.15. The number of halogens is 2. The highest BCUT2D eigenvalue weighted by atomic mass is 35.5. The standard InChI is InChI=1S/C19H15Cl2NO5/c1-11(19(24)22-15-8-13(20)7-14(21)9-15)27-18(23)5-3-12-2-4-16-17(6-12)26-10-25-16/h2-9,11H,10H2,1H3,(H,22,24). The van der Waals surface area contributed by atoms with Crippen LogP contribution in [0, 0.1) is 0 Å². The number of esters is 1. The fraction of sp³-hybridized carbons (Fsp3) is 0.158. The van der Waals surface area contributed by atoms with Crippen molar-refractivity contribution in [3.05, 3.63) is 58.1 Å². The Labute approximate surface area is 165 Å². The van der Waals surface area contributed by atoms with Crippen LogP contribution in [0.3, 0.4) is 0 Å². The molecule has 2 aromatic rings. The van der Waals surface area contributed by atoms with Gasteiger partial charge in [0.2, 0.25) is 6.79 Å². The van der Waals surface area contributed by atoms with Gasteiger partial charge in [0.05, 0.1) is 0 Å². The monoisotopic (exact) mass is 407 g/mol. The van der Waals surface area contributed by atoms with E-state index in [1.165, 1.54) is 13.0 Å². The summed E-state index contributed by atoms with van der Waals surface area (Å²) in [4.78, 5) is 24.1. The molecule has 1 amide bonds. The molecule has 1 aliphatic rings. The molecule has 27 heavy (non-hydrogen) atoms. The quantitative estimate of drug-likeness (QED) is 0.590. The first-order chi connectivity index (χ1) is 12.9. The topological polar surface area (TPSA) is 73.9 Å². The minimum Gasteiger partial charge on any atom is -0.454 e. The van der Waals surface area contributed by atoms with Crippen LogP contribution in [0.15, 0.2) is 42.5 Å². The smallest absolute Gasteiger partial charge is 0.331 e. The number of carbonyl (C=O) groups is 2. The Hall–Kier alpha value is -2.70. The number of benzene rings is 2.